The minimum atomic E-state index is 0. The Labute approximate surface area is 173 Å². The lowest BCUT2D eigenvalue weighted by Gasteiger charge is -2.12. The summed E-state index contributed by atoms with van der Waals surface area (Å²) in [5.41, 5.74) is 4.68. The van der Waals surface area contributed by atoms with E-state index < -0.39 is 0 Å². The number of rotatable bonds is 2. The quantitative estimate of drug-likeness (QED) is 0.320. The summed E-state index contributed by atoms with van der Waals surface area (Å²) in [6.07, 6.45) is 0. The molecular formula is C21H13Cl4N. The van der Waals surface area contributed by atoms with E-state index in [4.69, 9.17) is 39.8 Å². The molecule has 0 bridgehead atoms. The van der Waals surface area contributed by atoms with E-state index in [-0.39, 0.29) is 12.4 Å². The molecule has 3 aromatic carbocycles. The molecular weight excluding hydrogens is 408 g/mol. The first-order chi connectivity index (χ1) is 12.1. The molecule has 0 aliphatic carbocycles. The number of halogens is 4. The summed E-state index contributed by atoms with van der Waals surface area (Å²) in [6.45, 7) is 0. The molecule has 5 heteroatoms. The van der Waals surface area contributed by atoms with Gasteiger partial charge >= 0.3 is 0 Å². The Bertz CT molecular complexity index is 1080. The molecule has 4 rings (SSSR count). The van der Waals surface area contributed by atoms with Crippen molar-refractivity contribution in [2.75, 3.05) is 0 Å². The van der Waals surface area contributed by atoms with Gasteiger partial charge in [0, 0.05) is 31.6 Å². The van der Waals surface area contributed by atoms with Gasteiger partial charge in [-0.1, -0.05) is 65.1 Å². The highest BCUT2D eigenvalue weighted by molar-refractivity contribution is 6.34. The summed E-state index contributed by atoms with van der Waals surface area (Å²) < 4.78 is 0. The Hall–Kier alpha value is -1.77. The molecule has 0 fully saturated rings. The predicted octanol–water partition coefficient (Wildman–Crippen LogP) is 7.95. The van der Waals surface area contributed by atoms with Gasteiger partial charge in [-0.05, 0) is 48.0 Å². The maximum Gasteiger partial charge on any atom is 0.0716 e. The van der Waals surface area contributed by atoms with Gasteiger partial charge in [0.15, 0.2) is 0 Å². The van der Waals surface area contributed by atoms with Crippen molar-refractivity contribution in [1.29, 1.82) is 0 Å². The van der Waals surface area contributed by atoms with Crippen molar-refractivity contribution in [2.24, 2.45) is 0 Å². The number of hydrogen-bond acceptors (Lipinski definition) is 1. The summed E-state index contributed by atoms with van der Waals surface area (Å²) >= 11 is 18.7. The average molecular weight is 421 g/mol. The van der Waals surface area contributed by atoms with Gasteiger partial charge in [-0.25, -0.2) is 4.98 Å². The lowest BCUT2D eigenvalue weighted by atomic mass is 9.98. The molecule has 0 unspecified atom stereocenters. The maximum atomic E-state index is 6.45. The smallest absolute Gasteiger partial charge is 0.0716 e. The van der Waals surface area contributed by atoms with Crippen molar-refractivity contribution in [3.63, 3.8) is 0 Å². The highest BCUT2D eigenvalue weighted by Crippen LogP contribution is 2.36. The van der Waals surface area contributed by atoms with Gasteiger partial charge < -0.3 is 0 Å². The Morgan fingerprint density at radius 2 is 1.35 bits per heavy atom. The minimum Gasteiger partial charge on any atom is -0.248 e. The summed E-state index contributed by atoms with van der Waals surface area (Å²) in [4.78, 5) is 4.79. The van der Waals surface area contributed by atoms with Gasteiger partial charge in [0.25, 0.3) is 0 Å². The summed E-state index contributed by atoms with van der Waals surface area (Å²) in [5, 5.41) is 3.03. The van der Waals surface area contributed by atoms with E-state index in [1.807, 2.05) is 72.8 Å². The van der Waals surface area contributed by atoms with Crippen LogP contribution in [-0.4, -0.2) is 4.98 Å². The standard InChI is InChI=1S/C21H12Cl3N.ClH/c22-14-7-5-13(6-8-14)21-12-17(16-3-1-2-4-19(16)24)18-11-15(23)9-10-20(18)25-21;/h1-12H;1H. The highest BCUT2D eigenvalue weighted by Gasteiger charge is 2.12. The lowest BCUT2D eigenvalue weighted by molar-refractivity contribution is 1.40. The lowest BCUT2D eigenvalue weighted by Crippen LogP contribution is -1.90. The van der Waals surface area contributed by atoms with Gasteiger partial charge in [-0.15, -0.1) is 12.4 Å². The van der Waals surface area contributed by atoms with Crippen LogP contribution in [0.3, 0.4) is 0 Å². The first-order valence-corrected chi connectivity index (χ1v) is 8.86. The number of aromatic nitrogens is 1. The highest BCUT2D eigenvalue weighted by atomic mass is 35.5. The number of hydrogen-bond donors (Lipinski definition) is 0. The number of benzene rings is 3. The molecule has 0 aliphatic rings. The van der Waals surface area contributed by atoms with Gasteiger partial charge in [0.2, 0.25) is 0 Å². The molecule has 0 amide bonds. The molecule has 1 aromatic heterocycles. The molecule has 0 saturated carbocycles. The molecule has 0 radical (unpaired) electrons. The van der Waals surface area contributed by atoms with E-state index in [0.717, 1.165) is 33.3 Å². The van der Waals surface area contributed by atoms with Crippen molar-refractivity contribution in [3.05, 3.63) is 87.9 Å². The summed E-state index contributed by atoms with van der Waals surface area (Å²) in [5.74, 6) is 0. The second kappa shape index (κ2) is 7.85. The molecule has 1 nitrogen and oxygen atoms in total. The number of pyridine rings is 1. The zero-order valence-electron chi connectivity index (χ0n) is 13.4. The molecule has 0 aliphatic heterocycles. The van der Waals surface area contributed by atoms with Crippen molar-refractivity contribution in [3.8, 4) is 22.4 Å². The number of nitrogens with zero attached hydrogens (tertiary/aromatic N) is 1. The van der Waals surface area contributed by atoms with E-state index >= 15 is 0 Å². The fourth-order valence-corrected chi connectivity index (χ4v) is 3.40. The summed E-state index contributed by atoms with van der Waals surface area (Å²) in [7, 11) is 0. The predicted molar refractivity (Wildman–Crippen MR) is 115 cm³/mol. The third-order valence-corrected chi connectivity index (χ3v) is 4.89. The second-order valence-corrected chi connectivity index (χ2v) is 6.98. The van der Waals surface area contributed by atoms with E-state index in [1.165, 1.54) is 0 Å². The first-order valence-electron chi connectivity index (χ1n) is 7.73. The number of fused-ring (bicyclic) bond motifs is 1. The normalized spacial score (nSPS) is 10.6. The van der Waals surface area contributed by atoms with Gasteiger partial charge in [-0.3, -0.25) is 0 Å². The zero-order chi connectivity index (χ0) is 17.4. The van der Waals surface area contributed by atoms with E-state index in [0.29, 0.717) is 15.1 Å². The monoisotopic (exact) mass is 419 g/mol. The van der Waals surface area contributed by atoms with Gasteiger partial charge in [0.05, 0.1) is 11.2 Å². The van der Waals surface area contributed by atoms with Crippen LogP contribution in [0.5, 0.6) is 0 Å². The maximum absolute atomic E-state index is 6.45. The van der Waals surface area contributed by atoms with Crippen LogP contribution < -0.4 is 0 Å². The SMILES string of the molecule is Cl.Clc1ccc(-c2cc(-c3ccccc3Cl)c3cc(Cl)ccc3n2)cc1. The van der Waals surface area contributed by atoms with Crippen molar-refractivity contribution in [2.45, 2.75) is 0 Å². The van der Waals surface area contributed by atoms with Crippen LogP contribution in [-0.2, 0) is 0 Å². The van der Waals surface area contributed by atoms with Gasteiger partial charge in [0.1, 0.15) is 0 Å². The Balaban J connectivity index is 0.00000196. The minimum absolute atomic E-state index is 0. The second-order valence-electron chi connectivity index (χ2n) is 5.70. The van der Waals surface area contributed by atoms with Crippen LogP contribution in [0.2, 0.25) is 15.1 Å². The van der Waals surface area contributed by atoms with E-state index in [2.05, 4.69) is 0 Å². The van der Waals surface area contributed by atoms with Crippen molar-refractivity contribution in [1.82, 2.24) is 4.98 Å². The Kier molecular flexibility index (Phi) is 5.74. The first kappa shape index (κ1) is 19.0. The van der Waals surface area contributed by atoms with Crippen molar-refractivity contribution < 1.29 is 0 Å². The van der Waals surface area contributed by atoms with Crippen LogP contribution in [0, 0.1) is 0 Å². The summed E-state index contributed by atoms with van der Waals surface area (Å²) in [6, 6.07) is 23.2. The Morgan fingerprint density at radius 1 is 0.654 bits per heavy atom. The van der Waals surface area contributed by atoms with E-state index in [9.17, 15) is 0 Å². The molecule has 4 aromatic rings. The fourth-order valence-electron chi connectivity index (χ4n) is 2.87. The molecule has 26 heavy (non-hydrogen) atoms. The van der Waals surface area contributed by atoms with Crippen LogP contribution in [0.15, 0.2) is 72.8 Å². The third-order valence-electron chi connectivity index (χ3n) is 4.07. The van der Waals surface area contributed by atoms with E-state index in [1.54, 1.807) is 0 Å². The molecule has 0 spiro atoms. The zero-order valence-corrected chi connectivity index (χ0v) is 16.5. The largest absolute Gasteiger partial charge is 0.248 e. The van der Waals surface area contributed by atoms with Crippen molar-refractivity contribution >= 4 is 58.1 Å². The van der Waals surface area contributed by atoms with Crippen LogP contribution in [0.4, 0.5) is 0 Å². The molecule has 0 N–H and O–H groups in total. The molecule has 1 heterocycles. The average Bonchev–Trinajstić information content (AvgIpc) is 2.62. The van der Waals surface area contributed by atoms with Crippen LogP contribution in [0.1, 0.15) is 0 Å². The molecule has 0 atom stereocenters. The van der Waals surface area contributed by atoms with Crippen LogP contribution >= 0.6 is 47.2 Å². The molecule has 130 valence electrons. The topological polar surface area (TPSA) is 12.9 Å². The van der Waals surface area contributed by atoms with Crippen LogP contribution in [0.25, 0.3) is 33.3 Å². The fraction of sp³-hybridized carbons (Fsp3) is 0. The van der Waals surface area contributed by atoms with Gasteiger partial charge in [-0.2, -0.15) is 0 Å². The Morgan fingerprint density at radius 3 is 2.08 bits per heavy atom. The molecule has 0 saturated heterocycles. The third kappa shape index (κ3) is 3.67.